The molecule has 0 amide bonds. The smallest absolute Gasteiger partial charge is 0.335 e. The number of para-hydroxylation sites is 1. The molecular weight excluding hydrogens is 485 g/mol. The van der Waals surface area contributed by atoms with Gasteiger partial charge in [-0.05, 0) is 72.5 Å². The Bertz CT molecular complexity index is 1350. The number of hydrogen-bond donors (Lipinski definition) is 2. The third-order valence-electron chi connectivity index (χ3n) is 5.74. The number of nitrogens with one attached hydrogen (secondary N) is 1. The SMILES string of the molecule is Cc1cc(OCc2c(C)cnn2-c2c(Cl)cccc2Cl)ccc1CNCc1cccc(C(=O)O)c1. The molecule has 0 bridgehead atoms. The third kappa shape index (κ3) is 5.85. The van der Waals surface area contributed by atoms with E-state index in [1.165, 1.54) is 0 Å². The van der Waals surface area contributed by atoms with Crippen molar-refractivity contribution in [2.45, 2.75) is 33.5 Å². The zero-order chi connectivity index (χ0) is 24.9. The molecule has 180 valence electrons. The maximum Gasteiger partial charge on any atom is 0.335 e. The molecule has 0 aliphatic carbocycles. The van der Waals surface area contributed by atoms with E-state index in [0.29, 0.717) is 35.4 Å². The third-order valence-corrected chi connectivity index (χ3v) is 6.35. The first-order valence-corrected chi connectivity index (χ1v) is 11.8. The average molecular weight is 510 g/mol. The lowest BCUT2D eigenvalue weighted by Gasteiger charge is -2.14. The molecule has 0 saturated carbocycles. The van der Waals surface area contributed by atoms with Crippen LogP contribution >= 0.6 is 23.2 Å². The van der Waals surface area contributed by atoms with Gasteiger partial charge >= 0.3 is 5.97 Å². The monoisotopic (exact) mass is 509 g/mol. The van der Waals surface area contributed by atoms with Crippen molar-refractivity contribution in [2.75, 3.05) is 0 Å². The molecule has 2 N–H and O–H groups in total. The van der Waals surface area contributed by atoms with Crippen molar-refractivity contribution in [2.24, 2.45) is 0 Å². The van der Waals surface area contributed by atoms with Gasteiger partial charge in [0, 0.05) is 13.1 Å². The van der Waals surface area contributed by atoms with Gasteiger partial charge in [-0.1, -0.05) is 47.5 Å². The second kappa shape index (κ2) is 11.0. The Balaban J connectivity index is 1.40. The topological polar surface area (TPSA) is 76.4 Å². The van der Waals surface area contributed by atoms with E-state index in [1.807, 2.05) is 38.1 Å². The minimum atomic E-state index is -0.925. The van der Waals surface area contributed by atoms with Crippen LogP contribution < -0.4 is 10.1 Å². The van der Waals surface area contributed by atoms with E-state index in [1.54, 1.807) is 47.3 Å². The highest BCUT2D eigenvalue weighted by Gasteiger charge is 2.16. The van der Waals surface area contributed by atoms with Crippen molar-refractivity contribution in [3.63, 3.8) is 0 Å². The van der Waals surface area contributed by atoms with E-state index in [9.17, 15) is 4.79 Å². The Morgan fingerprint density at radius 3 is 2.46 bits per heavy atom. The number of benzene rings is 3. The molecule has 0 fully saturated rings. The average Bonchev–Trinajstić information content (AvgIpc) is 3.19. The highest BCUT2D eigenvalue weighted by atomic mass is 35.5. The molecule has 4 aromatic rings. The van der Waals surface area contributed by atoms with Crippen LogP contribution in [0.1, 0.15) is 38.3 Å². The lowest BCUT2D eigenvalue weighted by Crippen LogP contribution is -2.14. The highest BCUT2D eigenvalue weighted by molar-refractivity contribution is 6.37. The normalized spacial score (nSPS) is 11.0. The summed E-state index contributed by atoms with van der Waals surface area (Å²) in [4.78, 5) is 11.1. The molecule has 6 nitrogen and oxygen atoms in total. The van der Waals surface area contributed by atoms with Gasteiger partial charge in [-0.15, -0.1) is 0 Å². The summed E-state index contributed by atoms with van der Waals surface area (Å²) in [6.07, 6.45) is 1.77. The van der Waals surface area contributed by atoms with Gasteiger partial charge in [-0.3, -0.25) is 0 Å². The number of carbonyl (C=O) groups is 1. The van der Waals surface area contributed by atoms with Crippen LogP contribution in [0, 0.1) is 13.8 Å². The minimum Gasteiger partial charge on any atom is -0.487 e. The summed E-state index contributed by atoms with van der Waals surface area (Å²) >= 11 is 12.8. The summed E-state index contributed by atoms with van der Waals surface area (Å²) in [5.41, 5.74) is 5.92. The van der Waals surface area contributed by atoms with E-state index in [-0.39, 0.29) is 5.56 Å². The number of aromatic nitrogens is 2. The van der Waals surface area contributed by atoms with Crippen LogP contribution in [0.4, 0.5) is 0 Å². The summed E-state index contributed by atoms with van der Waals surface area (Å²) in [7, 11) is 0. The molecule has 0 radical (unpaired) electrons. The van der Waals surface area contributed by atoms with E-state index in [4.69, 9.17) is 33.0 Å². The van der Waals surface area contributed by atoms with Crippen LogP contribution in [0.3, 0.4) is 0 Å². The van der Waals surface area contributed by atoms with Gasteiger partial charge < -0.3 is 15.2 Å². The second-order valence-electron chi connectivity index (χ2n) is 8.24. The van der Waals surface area contributed by atoms with Crippen molar-refractivity contribution < 1.29 is 14.6 Å². The predicted molar refractivity (Wildman–Crippen MR) is 138 cm³/mol. The van der Waals surface area contributed by atoms with Crippen LogP contribution in [0.15, 0.2) is 66.9 Å². The number of ether oxygens (including phenoxy) is 1. The first-order valence-electron chi connectivity index (χ1n) is 11.1. The number of rotatable bonds is 9. The zero-order valence-electron chi connectivity index (χ0n) is 19.4. The van der Waals surface area contributed by atoms with Gasteiger partial charge in [-0.25, -0.2) is 9.48 Å². The lowest BCUT2D eigenvalue weighted by molar-refractivity contribution is 0.0696. The zero-order valence-corrected chi connectivity index (χ0v) is 20.9. The largest absolute Gasteiger partial charge is 0.487 e. The summed E-state index contributed by atoms with van der Waals surface area (Å²) in [5.74, 6) is -0.177. The Morgan fingerprint density at radius 1 is 1.00 bits per heavy atom. The molecule has 0 aliphatic rings. The molecule has 4 rings (SSSR count). The van der Waals surface area contributed by atoms with E-state index in [2.05, 4.69) is 10.4 Å². The van der Waals surface area contributed by atoms with Gasteiger partial charge in [0.2, 0.25) is 0 Å². The van der Waals surface area contributed by atoms with Crippen molar-refractivity contribution in [1.82, 2.24) is 15.1 Å². The molecule has 8 heteroatoms. The predicted octanol–water partition coefficient (Wildman–Crippen LogP) is 6.36. The van der Waals surface area contributed by atoms with Crippen molar-refractivity contribution in [1.29, 1.82) is 0 Å². The van der Waals surface area contributed by atoms with Gasteiger partial charge in [0.25, 0.3) is 0 Å². The van der Waals surface area contributed by atoms with Gasteiger partial charge in [-0.2, -0.15) is 5.10 Å². The van der Waals surface area contributed by atoms with Crippen LogP contribution in [0.2, 0.25) is 10.0 Å². The fourth-order valence-electron chi connectivity index (χ4n) is 3.78. The Kier molecular flexibility index (Phi) is 7.76. The number of hydrogen-bond acceptors (Lipinski definition) is 4. The first kappa shape index (κ1) is 24.8. The van der Waals surface area contributed by atoms with Crippen LogP contribution in [0.5, 0.6) is 5.75 Å². The molecule has 0 unspecified atom stereocenters. The fourth-order valence-corrected chi connectivity index (χ4v) is 4.34. The van der Waals surface area contributed by atoms with E-state index < -0.39 is 5.97 Å². The standard InChI is InChI=1S/C27H25Cl2N3O3/c1-17-11-22(10-9-21(17)15-30-14-19-5-3-6-20(12-19)27(33)34)35-16-25-18(2)13-31-32(25)26-23(28)7-4-8-24(26)29/h3-13,30H,14-16H2,1-2H3,(H,33,34). The van der Waals surface area contributed by atoms with Crippen molar-refractivity contribution in [3.8, 4) is 11.4 Å². The molecule has 1 heterocycles. The van der Waals surface area contributed by atoms with Crippen LogP contribution in [-0.4, -0.2) is 20.9 Å². The lowest BCUT2D eigenvalue weighted by atomic mass is 10.1. The summed E-state index contributed by atoms with van der Waals surface area (Å²) in [6, 6.07) is 18.3. The quantitative estimate of drug-likeness (QED) is 0.274. The molecule has 0 spiro atoms. The number of nitrogens with zero attached hydrogens (tertiary/aromatic N) is 2. The van der Waals surface area contributed by atoms with Crippen LogP contribution in [-0.2, 0) is 19.7 Å². The van der Waals surface area contributed by atoms with Gasteiger partial charge in [0.15, 0.2) is 0 Å². The molecule has 1 aromatic heterocycles. The molecule has 0 atom stereocenters. The summed E-state index contributed by atoms with van der Waals surface area (Å²) < 4.78 is 7.82. The second-order valence-corrected chi connectivity index (χ2v) is 9.06. The number of halogens is 2. The number of aromatic carboxylic acids is 1. The van der Waals surface area contributed by atoms with Crippen LogP contribution in [0.25, 0.3) is 5.69 Å². The van der Waals surface area contributed by atoms with Crippen molar-refractivity contribution >= 4 is 29.2 Å². The number of carboxylic acid groups (broad SMARTS) is 1. The van der Waals surface area contributed by atoms with Crippen molar-refractivity contribution in [3.05, 3.63) is 110 Å². The molecule has 3 aromatic carbocycles. The van der Waals surface area contributed by atoms with Gasteiger partial charge in [0.05, 0.1) is 27.5 Å². The summed E-state index contributed by atoms with van der Waals surface area (Å²) in [5, 5.41) is 18.0. The van der Waals surface area contributed by atoms with E-state index >= 15 is 0 Å². The first-order chi connectivity index (χ1) is 16.8. The Hall–Kier alpha value is -3.32. The number of carboxylic acids is 1. The minimum absolute atomic E-state index is 0.287. The molecule has 0 saturated heterocycles. The molecule has 0 aliphatic heterocycles. The molecular formula is C27H25Cl2N3O3. The Labute approximate surface area is 214 Å². The fraction of sp³-hybridized carbons (Fsp3) is 0.185. The van der Waals surface area contributed by atoms with Gasteiger partial charge in [0.1, 0.15) is 18.0 Å². The van der Waals surface area contributed by atoms with E-state index in [0.717, 1.165) is 33.7 Å². The Morgan fingerprint density at radius 2 is 1.74 bits per heavy atom. The highest BCUT2D eigenvalue weighted by Crippen LogP contribution is 2.30. The maximum atomic E-state index is 11.1. The summed E-state index contributed by atoms with van der Waals surface area (Å²) in [6.45, 7) is 5.55. The molecule has 35 heavy (non-hydrogen) atoms. The maximum absolute atomic E-state index is 11.1. The number of aryl methyl sites for hydroxylation is 2.